The lowest BCUT2D eigenvalue weighted by Gasteiger charge is -2.51. The van der Waals surface area contributed by atoms with Gasteiger partial charge in [-0.15, -0.1) is 0 Å². The molecule has 0 aromatic heterocycles. The van der Waals surface area contributed by atoms with Crippen molar-refractivity contribution in [1.29, 1.82) is 0 Å². The van der Waals surface area contributed by atoms with Crippen molar-refractivity contribution in [2.45, 2.75) is 307 Å². The summed E-state index contributed by atoms with van der Waals surface area (Å²) in [4.78, 5) is 0. The second-order valence-electron chi connectivity index (χ2n) is 29.2. The van der Waals surface area contributed by atoms with Gasteiger partial charge in [-0.05, 0) is 0 Å². The number of hydrogen-bond acceptors (Lipinski definition) is 53. The maximum absolute atomic E-state index is 12.2. The Balaban J connectivity index is 0.888. The number of nitrogens with two attached hydrogens (primary N) is 1. The number of ether oxygens (including phenoxy) is 21. The SMILES string of the molecule is NCCOCCO[C@H]1OC(CO)[C@@H](O)[C@H](O[C@H]2OC(CO)[C@@H](O)[C@H](O[C@H]3OC(CO)[C@@H](O)[C@H](O)C3O[C@H]3OC(CO)[C@@H](O)[C@H](O)C3O[C@H]3OC(CO)[C@@H](O)[C@H](O)C3O[C@H]3OC(CO)[C@@H](O)[C@H](O[C@H]4OC(CO)[C@@H](O)[C@H](O[C@H]5OC(CO)[C@@H](O)[C@H](O)C5O[C@H]5OC(CO)[C@@H](O)[C@H](O)C5O[C@H]5OC(CO)[C@@H](O)[C@H](O)C5O)C4O)C3O)C2O)C1O. The van der Waals surface area contributed by atoms with Gasteiger partial charge in [0.2, 0.25) is 0 Å². The van der Waals surface area contributed by atoms with Gasteiger partial charge in [0.15, 0.2) is 62.9 Å². The molecule has 33 N–H and O–H groups in total. The van der Waals surface area contributed by atoms with Crippen molar-refractivity contribution in [2.24, 2.45) is 5.73 Å². The highest BCUT2D eigenvalue weighted by molar-refractivity contribution is 5.04. The topological polar surface area (TPSA) is 847 Å². The third-order valence-electron chi connectivity index (χ3n) is 21.7. The van der Waals surface area contributed by atoms with Gasteiger partial charge in [-0.3, -0.25) is 0 Å². The van der Waals surface area contributed by atoms with Crippen LogP contribution in [0.5, 0.6) is 0 Å². The first-order valence-corrected chi connectivity index (χ1v) is 37.5. The molecule has 117 heavy (non-hydrogen) atoms. The largest absolute Gasteiger partial charge is 0.394 e. The number of aliphatic hydroxyl groups excluding tert-OH is 31. The second kappa shape index (κ2) is 43.4. The van der Waals surface area contributed by atoms with Crippen LogP contribution in [0.3, 0.4) is 0 Å². The van der Waals surface area contributed by atoms with E-state index in [0.29, 0.717) is 0 Å². The molecule has 0 aliphatic carbocycles. The summed E-state index contributed by atoms with van der Waals surface area (Å²) in [6, 6.07) is 0. The fourth-order valence-electron chi connectivity index (χ4n) is 14.9. The smallest absolute Gasteiger partial charge is 0.187 e. The highest BCUT2D eigenvalue weighted by Crippen LogP contribution is 2.42. The van der Waals surface area contributed by atoms with Crippen molar-refractivity contribution in [3.8, 4) is 0 Å². The van der Waals surface area contributed by atoms with Gasteiger partial charge < -0.3 is 264 Å². The maximum Gasteiger partial charge on any atom is 0.187 e. The first kappa shape index (κ1) is 97.1. The van der Waals surface area contributed by atoms with Gasteiger partial charge in [-0.25, -0.2) is 0 Å². The van der Waals surface area contributed by atoms with E-state index < -0.39 is 373 Å². The van der Waals surface area contributed by atoms with Gasteiger partial charge in [0.1, 0.15) is 244 Å². The molecule has 50 atom stereocenters. The molecular formula is C64H111NO52. The van der Waals surface area contributed by atoms with Crippen LogP contribution in [0.2, 0.25) is 0 Å². The average Bonchev–Trinajstić information content (AvgIpc) is 0.770. The Bertz CT molecular complexity index is 2910. The molecule has 0 aromatic rings. The van der Waals surface area contributed by atoms with Crippen molar-refractivity contribution in [3.63, 3.8) is 0 Å². The van der Waals surface area contributed by atoms with Crippen LogP contribution in [-0.2, 0) is 99.5 Å². The van der Waals surface area contributed by atoms with Gasteiger partial charge in [0.25, 0.3) is 0 Å². The molecule has 0 spiro atoms. The molecule has 0 amide bonds. The molecule has 10 aliphatic rings. The first-order chi connectivity index (χ1) is 55.7. The molecule has 10 fully saturated rings. The first-order valence-electron chi connectivity index (χ1n) is 37.5. The highest BCUT2D eigenvalue weighted by atomic mass is 16.8. The minimum atomic E-state index is -2.55. The van der Waals surface area contributed by atoms with Crippen molar-refractivity contribution in [3.05, 3.63) is 0 Å². The monoisotopic (exact) mass is 1730 g/mol. The Hall–Kier alpha value is -2.12. The van der Waals surface area contributed by atoms with Crippen LogP contribution < -0.4 is 5.73 Å². The van der Waals surface area contributed by atoms with E-state index in [1.165, 1.54) is 0 Å². The fraction of sp³-hybridized carbons (Fsp3) is 1.00. The Morgan fingerprint density at radius 2 is 0.350 bits per heavy atom. The summed E-state index contributed by atoms with van der Waals surface area (Å²) < 4.78 is 121. The summed E-state index contributed by atoms with van der Waals surface area (Å²) >= 11 is 0. The molecule has 0 saturated carbocycles. The summed E-state index contributed by atoms with van der Waals surface area (Å²) in [7, 11) is 0. The molecule has 0 radical (unpaired) electrons. The quantitative estimate of drug-likeness (QED) is 0.0266. The Morgan fingerprint density at radius 1 is 0.171 bits per heavy atom. The van der Waals surface area contributed by atoms with Gasteiger partial charge >= 0.3 is 0 Å². The van der Waals surface area contributed by atoms with Crippen LogP contribution in [0.4, 0.5) is 0 Å². The predicted molar refractivity (Wildman–Crippen MR) is 353 cm³/mol. The second-order valence-corrected chi connectivity index (χ2v) is 29.2. The molecule has 53 heteroatoms. The zero-order chi connectivity index (χ0) is 85.6. The zero-order valence-electron chi connectivity index (χ0n) is 61.8. The van der Waals surface area contributed by atoms with Crippen LogP contribution in [-0.4, -0.2) is 558 Å². The lowest BCUT2D eigenvalue weighted by molar-refractivity contribution is -0.417. The van der Waals surface area contributed by atoms with Crippen molar-refractivity contribution in [2.75, 3.05) is 92.4 Å². The van der Waals surface area contributed by atoms with Gasteiger partial charge in [-0.1, -0.05) is 0 Å². The summed E-state index contributed by atoms with van der Waals surface area (Å²) in [5, 5.41) is 344. The van der Waals surface area contributed by atoms with Crippen LogP contribution in [0.1, 0.15) is 0 Å². The molecule has 684 valence electrons. The van der Waals surface area contributed by atoms with Crippen molar-refractivity contribution < 1.29 is 258 Å². The van der Waals surface area contributed by atoms with E-state index in [0.717, 1.165) is 0 Å². The highest BCUT2D eigenvalue weighted by Gasteiger charge is 2.62. The standard InChI is InChI=1S/C64H111NO52/c65-1-2-97-3-4-98-55-42(93)46(31(82)21(11-72)99-55)109-57-44(95)48(33(84)23(13-74)101-57)111-61-53(39(90)29(80)17(7-68)105-61)116-64-54(40(91)30(81)20(10-71)108-64)117-63-51(37(88)27(78)19(9-70)107-63)114-59-43(94)47(32(83)22(12-73)103-59)110-58-45(96)49(34(85)24(14-75)102-58)112-60-52(38(89)28(79)16(6-67)104-60)115-62-50(36(87)26(77)18(8-69)106-62)113-56-41(92)35(86)25(76)15(5-66)100-56/h15-64,66-96H,1-14,65H2/t15?,16?,17?,18?,19?,20?,21?,22?,23?,24?,25-,26-,27-,28-,29-,30-,31-,32-,33-,34-,35+,36+,37+,38+,39+,40+,41?,42?,43?,44?,45?,46+,47+,48+,49+,50?,51?,52?,53?,54?,55+,56-,57-,58-,59-,60-,61-,62-,63-,64-/m1/s1. The Kier molecular flexibility index (Phi) is 36.0. The normalized spacial score (nSPS) is 51.6. The third-order valence-corrected chi connectivity index (χ3v) is 21.7. The lowest BCUT2D eigenvalue weighted by Crippen LogP contribution is -2.69. The number of rotatable bonds is 34. The molecular weight excluding hydrogens is 1610 g/mol. The third kappa shape index (κ3) is 20.9. The van der Waals surface area contributed by atoms with Crippen molar-refractivity contribution in [1.82, 2.24) is 0 Å². The minimum Gasteiger partial charge on any atom is -0.394 e. The Morgan fingerprint density at radius 3 is 0.590 bits per heavy atom. The van der Waals surface area contributed by atoms with Crippen LogP contribution in [0.15, 0.2) is 0 Å². The summed E-state index contributed by atoms with van der Waals surface area (Å²) in [6.45, 7) is -11.2. The zero-order valence-corrected chi connectivity index (χ0v) is 61.8. The fourth-order valence-corrected chi connectivity index (χ4v) is 14.9. The van der Waals surface area contributed by atoms with Gasteiger partial charge in [0.05, 0.1) is 85.9 Å². The van der Waals surface area contributed by atoms with Crippen LogP contribution in [0, 0.1) is 0 Å². The van der Waals surface area contributed by atoms with Crippen molar-refractivity contribution >= 4 is 0 Å². The van der Waals surface area contributed by atoms with Crippen LogP contribution >= 0.6 is 0 Å². The molecule has 53 nitrogen and oxygen atoms in total. The lowest BCUT2D eigenvalue weighted by atomic mass is 9.95. The van der Waals surface area contributed by atoms with E-state index in [4.69, 9.17) is 105 Å². The Labute approximate surface area is 661 Å². The van der Waals surface area contributed by atoms with Gasteiger partial charge in [0, 0.05) is 6.54 Å². The minimum absolute atomic E-state index is 0.0713. The molecule has 10 aliphatic heterocycles. The molecule has 0 bridgehead atoms. The van der Waals surface area contributed by atoms with E-state index in [9.17, 15) is 158 Å². The predicted octanol–water partition coefficient (Wildman–Crippen LogP) is -22.8. The van der Waals surface area contributed by atoms with E-state index in [-0.39, 0.29) is 26.4 Å². The van der Waals surface area contributed by atoms with E-state index in [2.05, 4.69) is 0 Å². The molecule has 10 saturated heterocycles. The van der Waals surface area contributed by atoms with E-state index in [1.54, 1.807) is 0 Å². The van der Waals surface area contributed by atoms with Crippen LogP contribution in [0.25, 0.3) is 0 Å². The summed E-state index contributed by atoms with van der Waals surface area (Å²) in [5.74, 6) is 0. The van der Waals surface area contributed by atoms with Gasteiger partial charge in [-0.2, -0.15) is 0 Å². The maximum atomic E-state index is 12.2. The number of aliphatic hydroxyl groups is 31. The van der Waals surface area contributed by atoms with E-state index in [1.807, 2.05) is 0 Å². The number of hydrogen-bond donors (Lipinski definition) is 32. The molecule has 20 unspecified atom stereocenters. The average molecular weight is 1730 g/mol. The molecule has 10 rings (SSSR count). The molecule has 10 heterocycles. The molecule has 0 aromatic carbocycles. The van der Waals surface area contributed by atoms with E-state index >= 15 is 0 Å². The summed E-state index contributed by atoms with van der Waals surface area (Å²) in [6.07, 6.45) is -108. The summed E-state index contributed by atoms with van der Waals surface area (Å²) in [5.41, 5.74) is 5.45.